The second-order valence-corrected chi connectivity index (χ2v) is 5.81. The van der Waals surface area contributed by atoms with Crippen LogP contribution in [0.25, 0.3) is 0 Å². The summed E-state index contributed by atoms with van der Waals surface area (Å²) in [7, 11) is 3.44. The van der Waals surface area contributed by atoms with E-state index >= 15 is 0 Å². The van der Waals surface area contributed by atoms with Gasteiger partial charge in [-0.15, -0.1) is 0 Å². The molecule has 0 saturated heterocycles. The average Bonchev–Trinajstić information content (AvgIpc) is 3.07. The number of para-hydroxylation sites is 1. The molecule has 0 saturated carbocycles. The lowest BCUT2D eigenvalue weighted by Crippen LogP contribution is -2.36. The smallest absolute Gasteiger partial charge is 0.250 e. The van der Waals surface area contributed by atoms with E-state index in [9.17, 15) is 9.59 Å². The predicted molar refractivity (Wildman–Crippen MR) is 96.9 cm³/mol. The molecule has 0 aliphatic rings. The number of aromatic nitrogens is 3. The quantitative estimate of drug-likeness (QED) is 0.729. The molecule has 1 aromatic carbocycles. The molecule has 26 heavy (non-hydrogen) atoms. The molecule has 7 heteroatoms. The lowest BCUT2D eigenvalue weighted by atomic mass is 10.0. The molecule has 3 rings (SSSR count). The molecule has 1 N–H and O–H groups in total. The number of nitrogens with one attached hydrogen (secondary N) is 1. The van der Waals surface area contributed by atoms with Gasteiger partial charge in [0.05, 0.1) is 7.11 Å². The highest BCUT2D eigenvalue weighted by Gasteiger charge is 2.23. The number of carbonyl (C=O) groups is 1. The summed E-state index contributed by atoms with van der Waals surface area (Å²) in [6.45, 7) is -0.0737. The normalized spacial score (nSPS) is 11.8. The van der Waals surface area contributed by atoms with Gasteiger partial charge in [0.2, 0.25) is 5.91 Å². The first-order chi connectivity index (χ1) is 12.6. The number of hydrogen-bond donors (Lipinski definition) is 1. The van der Waals surface area contributed by atoms with Gasteiger partial charge < -0.3 is 19.2 Å². The highest BCUT2D eigenvalue weighted by molar-refractivity contribution is 5.76. The van der Waals surface area contributed by atoms with Gasteiger partial charge in [-0.25, -0.2) is 4.98 Å². The van der Waals surface area contributed by atoms with Crippen LogP contribution in [0, 0.1) is 0 Å². The molecule has 2 aromatic heterocycles. The van der Waals surface area contributed by atoms with Gasteiger partial charge in [0.15, 0.2) is 0 Å². The molecule has 1 atom stereocenters. The van der Waals surface area contributed by atoms with Crippen LogP contribution in [0.2, 0.25) is 0 Å². The van der Waals surface area contributed by atoms with Crippen molar-refractivity contribution >= 4 is 5.91 Å². The van der Waals surface area contributed by atoms with E-state index in [-0.39, 0.29) is 18.0 Å². The van der Waals surface area contributed by atoms with Crippen molar-refractivity contribution in [2.24, 2.45) is 7.05 Å². The molecule has 1 amide bonds. The first kappa shape index (κ1) is 17.5. The van der Waals surface area contributed by atoms with Crippen LogP contribution >= 0.6 is 0 Å². The highest BCUT2D eigenvalue weighted by atomic mass is 16.5. The van der Waals surface area contributed by atoms with Crippen molar-refractivity contribution in [3.05, 3.63) is 82.8 Å². The fourth-order valence-electron chi connectivity index (χ4n) is 2.79. The summed E-state index contributed by atoms with van der Waals surface area (Å²) in [6, 6.07) is 11.7. The number of nitrogens with zero attached hydrogens (tertiary/aromatic N) is 3. The summed E-state index contributed by atoms with van der Waals surface area (Å²) in [5, 5.41) is 2.96. The van der Waals surface area contributed by atoms with Crippen molar-refractivity contribution in [3.8, 4) is 5.75 Å². The molecule has 0 bridgehead atoms. The third-order valence-electron chi connectivity index (χ3n) is 4.08. The average molecular weight is 352 g/mol. The minimum Gasteiger partial charge on any atom is -0.496 e. The zero-order chi connectivity index (χ0) is 18.5. The van der Waals surface area contributed by atoms with Gasteiger partial charge in [-0.3, -0.25) is 9.59 Å². The Kier molecular flexibility index (Phi) is 5.17. The van der Waals surface area contributed by atoms with E-state index in [4.69, 9.17) is 4.74 Å². The summed E-state index contributed by atoms with van der Waals surface area (Å²) in [6.07, 6.45) is 5.07. The van der Waals surface area contributed by atoms with Crippen LogP contribution < -0.4 is 15.6 Å². The fourth-order valence-corrected chi connectivity index (χ4v) is 2.79. The number of pyridine rings is 1. The summed E-state index contributed by atoms with van der Waals surface area (Å²) in [5.41, 5.74) is 0.562. The van der Waals surface area contributed by atoms with E-state index < -0.39 is 6.04 Å². The van der Waals surface area contributed by atoms with Crippen molar-refractivity contribution in [2.75, 3.05) is 7.11 Å². The Hall–Kier alpha value is -3.35. The van der Waals surface area contributed by atoms with E-state index in [1.807, 2.05) is 42.1 Å². The second-order valence-electron chi connectivity index (χ2n) is 5.81. The van der Waals surface area contributed by atoms with E-state index in [0.717, 1.165) is 5.56 Å². The lowest BCUT2D eigenvalue weighted by molar-refractivity contribution is -0.122. The Morgan fingerprint density at radius 3 is 2.65 bits per heavy atom. The summed E-state index contributed by atoms with van der Waals surface area (Å²) in [5.74, 6) is 1.03. The minimum atomic E-state index is -0.502. The summed E-state index contributed by atoms with van der Waals surface area (Å²) in [4.78, 5) is 28.8. The number of ether oxygens (including phenoxy) is 1. The maximum Gasteiger partial charge on any atom is 0.250 e. The number of imidazole rings is 1. The number of rotatable bonds is 6. The molecule has 2 heterocycles. The van der Waals surface area contributed by atoms with Crippen molar-refractivity contribution in [1.82, 2.24) is 19.4 Å². The van der Waals surface area contributed by atoms with Gasteiger partial charge in [-0.2, -0.15) is 0 Å². The van der Waals surface area contributed by atoms with Gasteiger partial charge >= 0.3 is 0 Å². The Bertz CT molecular complexity index is 961. The van der Waals surface area contributed by atoms with E-state index in [0.29, 0.717) is 11.6 Å². The van der Waals surface area contributed by atoms with Crippen LogP contribution in [0.1, 0.15) is 17.4 Å². The van der Waals surface area contributed by atoms with Gasteiger partial charge in [-0.1, -0.05) is 24.3 Å². The number of methoxy groups -OCH3 is 1. The summed E-state index contributed by atoms with van der Waals surface area (Å²) >= 11 is 0. The number of hydrogen-bond acceptors (Lipinski definition) is 4. The lowest BCUT2D eigenvalue weighted by Gasteiger charge is -2.21. The zero-order valence-corrected chi connectivity index (χ0v) is 14.6. The van der Waals surface area contributed by atoms with Crippen LogP contribution in [0.5, 0.6) is 5.75 Å². The largest absolute Gasteiger partial charge is 0.496 e. The molecular formula is C19H20N4O3. The molecule has 0 radical (unpaired) electrons. The highest BCUT2D eigenvalue weighted by Crippen LogP contribution is 2.28. The van der Waals surface area contributed by atoms with Gasteiger partial charge in [0, 0.05) is 37.3 Å². The fraction of sp³-hybridized carbons (Fsp3) is 0.211. The van der Waals surface area contributed by atoms with Gasteiger partial charge in [0.1, 0.15) is 24.2 Å². The van der Waals surface area contributed by atoms with Crippen molar-refractivity contribution in [1.29, 1.82) is 0 Å². The maximum absolute atomic E-state index is 12.6. The zero-order valence-electron chi connectivity index (χ0n) is 14.6. The van der Waals surface area contributed by atoms with Crippen LogP contribution in [0.4, 0.5) is 0 Å². The van der Waals surface area contributed by atoms with E-state index in [1.165, 1.54) is 10.6 Å². The molecule has 0 spiro atoms. The maximum atomic E-state index is 12.6. The molecule has 134 valence electrons. The SMILES string of the molecule is COc1ccccc1C(NC(=O)Cn1ccccc1=O)c1nccn1C. The van der Waals surface area contributed by atoms with Gasteiger partial charge in [-0.05, 0) is 12.1 Å². The van der Waals surface area contributed by atoms with Gasteiger partial charge in [0.25, 0.3) is 5.56 Å². The molecule has 0 fully saturated rings. The molecule has 3 aromatic rings. The Labute approximate surface area is 150 Å². The first-order valence-corrected chi connectivity index (χ1v) is 8.15. The van der Waals surface area contributed by atoms with Crippen molar-refractivity contribution < 1.29 is 9.53 Å². The standard InChI is InChI=1S/C19H20N4O3/c1-22-12-10-20-19(22)18(14-7-3-4-8-15(14)26-2)21-16(24)13-23-11-6-5-9-17(23)25/h3-12,18H,13H2,1-2H3,(H,21,24). The van der Waals surface area contributed by atoms with E-state index in [2.05, 4.69) is 10.3 Å². The topological polar surface area (TPSA) is 78.2 Å². The van der Waals surface area contributed by atoms with Crippen molar-refractivity contribution in [3.63, 3.8) is 0 Å². The monoisotopic (exact) mass is 352 g/mol. The van der Waals surface area contributed by atoms with Crippen LogP contribution in [0.15, 0.2) is 65.8 Å². The Morgan fingerprint density at radius 2 is 1.96 bits per heavy atom. The Morgan fingerprint density at radius 1 is 1.19 bits per heavy atom. The number of carbonyl (C=O) groups excluding carboxylic acids is 1. The predicted octanol–water partition coefficient (Wildman–Crippen LogP) is 1.50. The molecule has 0 aliphatic heterocycles. The van der Waals surface area contributed by atoms with Crippen LogP contribution in [-0.2, 0) is 18.4 Å². The molecule has 1 unspecified atom stereocenters. The Balaban J connectivity index is 1.92. The van der Waals surface area contributed by atoms with Crippen LogP contribution in [0.3, 0.4) is 0 Å². The molecular weight excluding hydrogens is 332 g/mol. The number of amides is 1. The molecule has 7 nitrogen and oxygen atoms in total. The van der Waals surface area contributed by atoms with E-state index in [1.54, 1.807) is 31.6 Å². The van der Waals surface area contributed by atoms with Crippen LogP contribution in [-0.4, -0.2) is 27.1 Å². The third-order valence-corrected chi connectivity index (χ3v) is 4.08. The third kappa shape index (κ3) is 3.66. The first-order valence-electron chi connectivity index (χ1n) is 8.15. The summed E-state index contributed by atoms with van der Waals surface area (Å²) < 4.78 is 8.63. The minimum absolute atomic E-state index is 0.0737. The van der Waals surface area contributed by atoms with Crippen molar-refractivity contribution in [2.45, 2.75) is 12.6 Å². The number of benzene rings is 1. The molecule has 0 aliphatic carbocycles. The number of aryl methyl sites for hydroxylation is 1. The second kappa shape index (κ2) is 7.69.